The molecule has 3 atom stereocenters. The largest absolute Gasteiger partial charge is 0.480 e. The molecular formula is C47H53ClF2N8O7. The number of anilines is 3. The number of hydrogen-bond donors (Lipinski definition) is 2. The Labute approximate surface area is 379 Å². The zero-order valence-electron chi connectivity index (χ0n) is 36.7. The number of ketones is 1. The lowest BCUT2D eigenvalue weighted by Crippen LogP contribution is -2.54. The summed E-state index contributed by atoms with van der Waals surface area (Å²) in [5.74, 6) is -1.65. The fourth-order valence-electron chi connectivity index (χ4n) is 9.94. The summed E-state index contributed by atoms with van der Waals surface area (Å²) in [5, 5.41) is 6.66. The number of nitrogens with one attached hydrogen (secondary N) is 2. The molecule has 0 spiro atoms. The van der Waals surface area contributed by atoms with E-state index in [-0.39, 0.29) is 90.6 Å². The van der Waals surface area contributed by atoms with Gasteiger partial charge in [-0.25, -0.2) is 13.8 Å². The van der Waals surface area contributed by atoms with Crippen molar-refractivity contribution in [1.29, 1.82) is 0 Å². The Bertz CT molecular complexity index is 2600. The van der Waals surface area contributed by atoms with Gasteiger partial charge in [-0.3, -0.25) is 34.2 Å². The van der Waals surface area contributed by atoms with Crippen LogP contribution in [0.2, 0.25) is 5.02 Å². The van der Waals surface area contributed by atoms with Crippen molar-refractivity contribution in [1.82, 2.24) is 29.7 Å². The van der Waals surface area contributed by atoms with Crippen LogP contribution in [0.25, 0.3) is 10.9 Å². The molecule has 18 heteroatoms. The van der Waals surface area contributed by atoms with Crippen LogP contribution < -0.4 is 25.8 Å². The molecule has 1 aliphatic carbocycles. The number of halogens is 3. The number of aromatic nitrogens is 3. The number of fused-ring (bicyclic) bond motifs is 2. The molecule has 344 valence electrons. The number of carbonyl (C=O) groups excluding carboxylic acids is 4. The van der Waals surface area contributed by atoms with Gasteiger partial charge in [0, 0.05) is 72.7 Å². The summed E-state index contributed by atoms with van der Waals surface area (Å²) in [6.45, 7) is 7.51. The monoisotopic (exact) mass is 914 g/mol. The van der Waals surface area contributed by atoms with Gasteiger partial charge in [0.25, 0.3) is 11.5 Å². The number of benzene rings is 2. The molecule has 6 heterocycles. The van der Waals surface area contributed by atoms with Gasteiger partial charge in [0.2, 0.25) is 17.8 Å². The fraction of sp³-hybridized carbons (Fsp3) is 0.511. The van der Waals surface area contributed by atoms with E-state index in [0.29, 0.717) is 55.0 Å². The summed E-state index contributed by atoms with van der Waals surface area (Å²) in [6, 6.07) is 9.52. The third-order valence-corrected chi connectivity index (χ3v) is 13.9. The Balaban J connectivity index is 0.756. The molecule has 2 aromatic carbocycles. The minimum Gasteiger partial charge on any atom is -0.480 e. The average Bonchev–Trinajstić information content (AvgIpc) is 3.61. The minimum atomic E-state index is -1.29. The first-order chi connectivity index (χ1) is 31.3. The number of amides is 3. The van der Waals surface area contributed by atoms with Gasteiger partial charge in [0.05, 0.1) is 30.5 Å². The van der Waals surface area contributed by atoms with Crippen LogP contribution in [0.15, 0.2) is 47.4 Å². The Kier molecular flexibility index (Phi) is 12.6. The highest BCUT2D eigenvalue weighted by molar-refractivity contribution is 6.33. The Morgan fingerprint density at radius 2 is 1.80 bits per heavy atom. The lowest BCUT2D eigenvalue weighted by Gasteiger charge is -2.47. The smallest absolute Gasteiger partial charge is 0.293 e. The van der Waals surface area contributed by atoms with Crippen LogP contribution in [0.3, 0.4) is 0 Å². The molecule has 3 unspecified atom stereocenters. The fourth-order valence-corrected chi connectivity index (χ4v) is 10.1. The van der Waals surface area contributed by atoms with Crippen molar-refractivity contribution in [3.05, 3.63) is 80.5 Å². The highest BCUT2D eigenvalue weighted by atomic mass is 35.5. The highest BCUT2D eigenvalue weighted by Crippen LogP contribution is 2.40. The van der Waals surface area contributed by atoms with Gasteiger partial charge in [0.1, 0.15) is 29.7 Å². The number of nitrogens with zero attached hydrogens (tertiary/aromatic N) is 6. The standard InChI is InChI=1S/C47H53ClF2N8O7/c1-4-29(59)24-64-40-18-26-17-27(5-8-38(26)58(25(2)3)46(40)63)52-43-36(48)21-51-47(54-43)55-14-11-30(12-15-55)65-31-19-28(20-31)56-16-13-32(37(49)23-56)33-6-7-34-35(42(33)50)22-57(45(34)62)39-9-10-41(60)53-44(39)61/h5-8,17-18,21,25,28,30-32,37,39H,4,9-16,19-20,22-24H2,1-3H3,(H,51,52,54)(H,53,60,61). The highest BCUT2D eigenvalue weighted by Gasteiger charge is 2.44. The second kappa shape index (κ2) is 18.4. The van der Waals surface area contributed by atoms with Crippen LogP contribution in [0.1, 0.15) is 106 Å². The van der Waals surface area contributed by atoms with E-state index in [1.165, 1.54) is 11.0 Å². The molecule has 1 saturated carbocycles. The van der Waals surface area contributed by atoms with Crippen molar-refractivity contribution >= 4 is 63.5 Å². The van der Waals surface area contributed by atoms with Crippen molar-refractivity contribution in [2.75, 3.05) is 43.0 Å². The lowest BCUT2D eigenvalue weighted by atomic mass is 9.82. The summed E-state index contributed by atoms with van der Waals surface area (Å²) in [5.41, 5.74) is 1.75. The molecular weight excluding hydrogens is 862 g/mol. The van der Waals surface area contributed by atoms with Crippen LogP contribution in [0.4, 0.5) is 26.2 Å². The van der Waals surface area contributed by atoms with E-state index < -0.39 is 41.7 Å². The number of alkyl halides is 1. The van der Waals surface area contributed by atoms with E-state index in [1.54, 1.807) is 29.8 Å². The zero-order valence-corrected chi connectivity index (χ0v) is 37.4. The number of rotatable bonds is 13. The van der Waals surface area contributed by atoms with E-state index >= 15 is 8.78 Å². The van der Waals surface area contributed by atoms with Crippen LogP contribution in [0, 0.1) is 5.82 Å². The van der Waals surface area contributed by atoms with Crippen LogP contribution in [-0.2, 0) is 25.7 Å². The number of carbonyl (C=O) groups is 4. The summed E-state index contributed by atoms with van der Waals surface area (Å²) in [6.07, 6.45) is 4.65. The van der Waals surface area contributed by atoms with Gasteiger partial charge < -0.3 is 29.2 Å². The van der Waals surface area contributed by atoms with E-state index in [0.717, 1.165) is 36.6 Å². The van der Waals surface area contributed by atoms with Crippen molar-refractivity contribution in [3.63, 3.8) is 0 Å². The molecule has 3 amide bonds. The molecule has 0 bridgehead atoms. The van der Waals surface area contributed by atoms with Crippen molar-refractivity contribution in [3.8, 4) is 5.75 Å². The third-order valence-electron chi connectivity index (χ3n) is 13.6. The Hall–Kier alpha value is -5.52. The molecule has 4 aliphatic heterocycles. The number of pyridine rings is 1. The van der Waals surface area contributed by atoms with Gasteiger partial charge in [-0.1, -0.05) is 24.6 Å². The summed E-state index contributed by atoms with van der Waals surface area (Å²) < 4.78 is 45.7. The molecule has 2 aromatic heterocycles. The Morgan fingerprint density at radius 1 is 1.02 bits per heavy atom. The van der Waals surface area contributed by atoms with E-state index in [1.807, 2.05) is 32.0 Å². The number of piperidine rings is 3. The second-order valence-corrected chi connectivity index (χ2v) is 18.5. The topological polar surface area (TPSA) is 168 Å². The van der Waals surface area contributed by atoms with Crippen molar-refractivity contribution < 1.29 is 37.4 Å². The lowest BCUT2D eigenvalue weighted by molar-refractivity contribution is -0.137. The quantitative estimate of drug-likeness (QED) is 0.143. The number of imide groups is 1. The molecule has 0 radical (unpaired) electrons. The molecule has 3 saturated heterocycles. The van der Waals surface area contributed by atoms with Crippen molar-refractivity contribution in [2.45, 2.75) is 121 Å². The first-order valence-corrected chi connectivity index (χ1v) is 23.0. The van der Waals surface area contributed by atoms with E-state index in [2.05, 4.69) is 25.4 Å². The maximum Gasteiger partial charge on any atom is 0.293 e. The first kappa shape index (κ1) is 44.7. The average molecular weight is 915 g/mol. The molecule has 2 N–H and O–H groups in total. The van der Waals surface area contributed by atoms with Crippen LogP contribution in [-0.4, -0.2) is 111 Å². The first-order valence-electron chi connectivity index (χ1n) is 22.6. The molecule has 9 rings (SSSR count). The number of ether oxygens (including phenoxy) is 2. The van der Waals surface area contributed by atoms with Crippen LogP contribution in [0.5, 0.6) is 5.75 Å². The number of hydrogen-bond acceptors (Lipinski definition) is 12. The van der Waals surface area contributed by atoms with Gasteiger partial charge >= 0.3 is 0 Å². The Morgan fingerprint density at radius 3 is 2.52 bits per heavy atom. The van der Waals surface area contributed by atoms with Crippen molar-refractivity contribution in [2.24, 2.45) is 0 Å². The number of likely N-dealkylation sites (tertiary alicyclic amines) is 1. The normalized spacial score (nSPS) is 24.0. The van der Waals surface area contributed by atoms with Gasteiger partial charge in [-0.15, -0.1) is 0 Å². The number of Topliss-reactive ketones (excluding diaryl/α,β-unsaturated/α-hetero) is 1. The third kappa shape index (κ3) is 8.94. The molecule has 4 fully saturated rings. The van der Waals surface area contributed by atoms with E-state index in [9.17, 15) is 24.0 Å². The summed E-state index contributed by atoms with van der Waals surface area (Å²) in [7, 11) is 0. The second-order valence-electron chi connectivity index (χ2n) is 18.1. The molecule has 15 nitrogen and oxygen atoms in total. The predicted molar refractivity (Wildman–Crippen MR) is 239 cm³/mol. The molecule has 5 aliphatic rings. The maximum atomic E-state index is 16.0. The van der Waals surface area contributed by atoms with Gasteiger partial charge in [-0.2, -0.15) is 4.98 Å². The predicted octanol–water partition coefficient (Wildman–Crippen LogP) is 6.37. The molecule has 4 aromatic rings. The SMILES string of the molecule is CCC(=O)COc1cc2cc(Nc3nc(N4CCC(OC5CC(N6CCC(c7ccc8c(c7F)CN(C7CCC(=O)NC7=O)C8=O)C(F)C6)C5)CC4)ncc3Cl)ccc2n(C(C)C)c1=O. The van der Waals surface area contributed by atoms with Gasteiger partial charge in [0.15, 0.2) is 17.4 Å². The van der Waals surface area contributed by atoms with Crippen LogP contribution >= 0.6 is 11.6 Å². The van der Waals surface area contributed by atoms with Gasteiger partial charge in [-0.05, 0) is 94.8 Å². The zero-order chi connectivity index (χ0) is 45.7. The summed E-state index contributed by atoms with van der Waals surface area (Å²) in [4.78, 5) is 77.3. The summed E-state index contributed by atoms with van der Waals surface area (Å²) >= 11 is 6.59. The molecule has 65 heavy (non-hydrogen) atoms. The van der Waals surface area contributed by atoms with E-state index in [4.69, 9.17) is 26.1 Å². The maximum absolute atomic E-state index is 16.0. The minimum absolute atomic E-state index is 0.0668.